The Morgan fingerprint density at radius 1 is 1.33 bits per heavy atom. The Labute approximate surface area is 72.4 Å². The van der Waals surface area contributed by atoms with Crippen LogP contribution >= 0.6 is 0 Å². The molecule has 0 bridgehead atoms. The SMILES string of the molecule is NCCCNC(=O)COCCN. The van der Waals surface area contributed by atoms with Crippen LogP contribution in [0.4, 0.5) is 0 Å². The van der Waals surface area contributed by atoms with Crippen LogP contribution in [0.1, 0.15) is 6.42 Å². The van der Waals surface area contributed by atoms with Gasteiger partial charge in [0, 0.05) is 13.1 Å². The molecule has 0 unspecified atom stereocenters. The molecule has 0 aromatic rings. The molecule has 0 aromatic heterocycles. The van der Waals surface area contributed by atoms with Crippen molar-refractivity contribution in [2.45, 2.75) is 6.42 Å². The Bertz CT molecular complexity index is 107. The van der Waals surface area contributed by atoms with E-state index in [0.717, 1.165) is 6.42 Å². The Hall–Kier alpha value is -0.650. The summed E-state index contributed by atoms with van der Waals surface area (Å²) in [4.78, 5) is 10.9. The molecule has 0 atom stereocenters. The zero-order valence-corrected chi connectivity index (χ0v) is 7.21. The minimum atomic E-state index is -0.114. The van der Waals surface area contributed by atoms with Crippen molar-refractivity contribution in [3.63, 3.8) is 0 Å². The molecule has 0 rings (SSSR count). The van der Waals surface area contributed by atoms with E-state index in [2.05, 4.69) is 5.32 Å². The topological polar surface area (TPSA) is 90.4 Å². The summed E-state index contributed by atoms with van der Waals surface area (Å²) < 4.78 is 4.91. The molecule has 1 amide bonds. The van der Waals surface area contributed by atoms with Crippen molar-refractivity contribution < 1.29 is 9.53 Å². The monoisotopic (exact) mass is 175 g/mol. The quantitative estimate of drug-likeness (QED) is 0.408. The lowest BCUT2D eigenvalue weighted by atomic mass is 10.4. The van der Waals surface area contributed by atoms with Gasteiger partial charge in [-0.15, -0.1) is 0 Å². The first-order chi connectivity index (χ1) is 5.81. The smallest absolute Gasteiger partial charge is 0.245 e. The van der Waals surface area contributed by atoms with E-state index in [4.69, 9.17) is 16.2 Å². The Morgan fingerprint density at radius 3 is 2.67 bits per heavy atom. The highest BCUT2D eigenvalue weighted by atomic mass is 16.5. The molecule has 5 N–H and O–H groups in total. The maximum Gasteiger partial charge on any atom is 0.245 e. The standard InChI is InChI=1S/C7H17N3O2/c8-2-1-4-10-7(11)6-12-5-3-9/h1-6,8-9H2,(H,10,11). The number of nitrogens with one attached hydrogen (secondary N) is 1. The number of hydrogen-bond acceptors (Lipinski definition) is 4. The molecule has 0 saturated heterocycles. The number of ether oxygens (including phenoxy) is 1. The molecular weight excluding hydrogens is 158 g/mol. The second kappa shape index (κ2) is 8.45. The highest BCUT2D eigenvalue weighted by Gasteiger charge is 1.98. The molecule has 5 nitrogen and oxygen atoms in total. The van der Waals surface area contributed by atoms with E-state index < -0.39 is 0 Å². The average Bonchev–Trinajstić information content (AvgIpc) is 2.06. The molecule has 72 valence electrons. The van der Waals surface area contributed by atoms with Crippen LogP contribution in [-0.4, -0.2) is 38.8 Å². The van der Waals surface area contributed by atoms with Crippen molar-refractivity contribution in [3.05, 3.63) is 0 Å². The van der Waals surface area contributed by atoms with Gasteiger partial charge in [-0.2, -0.15) is 0 Å². The minimum Gasteiger partial charge on any atom is -0.370 e. The summed E-state index contributed by atoms with van der Waals surface area (Å²) in [5, 5.41) is 2.66. The number of amides is 1. The summed E-state index contributed by atoms with van der Waals surface area (Å²) in [5.74, 6) is -0.114. The predicted molar refractivity (Wildman–Crippen MR) is 46.6 cm³/mol. The summed E-state index contributed by atoms with van der Waals surface area (Å²) in [5.41, 5.74) is 10.4. The molecule has 12 heavy (non-hydrogen) atoms. The first-order valence-corrected chi connectivity index (χ1v) is 4.06. The van der Waals surface area contributed by atoms with E-state index in [1.807, 2.05) is 0 Å². The van der Waals surface area contributed by atoms with E-state index in [0.29, 0.717) is 26.2 Å². The first-order valence-electron chi connectivity index (χ1n) is 4.06. The van der Waals surface area contributed by atoms with Crippen LogP contribution < -0.4 is 16.8 Å². The summed E-state index contributed by atoms with van der Waals surface area (Å²) in [6.07, 6.45) is 0.794. The van der Waals surface area contributed by atoms with Gasteiger partial charge in [-0.1, -0.05) is 0 Å². The van der Waals surface area contributed by atoms with Gasteiger partial charge in [0.05, 0.1) is 6.61 Å². The summed E-state index contributed by atoms with van der Waals surface area (Å²) in [6.45, 7) is 2.15. The van der Waals surface area contributed by atoms with E-state index in [1.165, 1.54) is 0 Å². The van der Waals surface area contributed by atoms with Crippen molar-refractivity contribution in [3.8, 4) is 0 Å². The van der Waals surface area contributed by atoms with Crippen LogP contribution in [0, 0.1) is 0 Å². The van der Waals surface area contributed by atoms with Gasteiger partial charge in [0.25, 0.3) is 0 Å². The van der Waals surface area contributed by atoms with Crippen molar-refractivity contribution in [2.24, 2.45) is 11.5 Å². The lowest BCUT2D eigenvalue weighted by Crippen LogP contribution is -2.30. The highest BCUT2D eigenvalue weighted by Crippen LogP contribution is 1.75. The van der Waals surface area contributed by atoms with Crippen LogP contribution in [0.25, 0.3) is 0 Å². The lowest BCUT2D eigenvalue weighted by molar-refractivity contribution is -0.125. The number of hydrogen-bond donors (Lipinski definition) is 3. The molecular formula is C7H17N3O2. The second-order valence-corrected chi connectivity index (χ2v) is 2.33. The molecule has 0 aliphatic heterocycles. The number of nitrogens with two attached hydrogens (primary N) is 2. The summed E-state index contributed by atoms with van der Waals surface area (Å²) in [7, 11) is 0. The fourth-order valence-electron chi connectivity index (χ4n) is 0.629. The van der Waals surface area contributed by atoms with E-state index in [1.54, 1.807) is 0 Å². The fourth-order valence-corrected chi connectivity index (χ4v) is 0.629. The highest BCUT2D eigenvalue weighted by molar-refractivity contribution is 5.77. The van der Waals surface area contributed by atoms with Crippen LogP contribution in [0.15, 0.2) is 0 Å². The van der Waals surface area contributed by atoms with E-state index in [9.17, 15) is 4.79 Å². The van der Waals surface area contributed by atoms with Crippen LogP contribution in [0.5, 0.6) is 0 Å². The molecule has 0 aliphatic carbocycles. The van der Waals surface area contributed by atoms with E-state index in [-0.39, 0.29) is 12.5 Å². The third-order valence-corrected chi connectivity index (χ3v) is 1.20. The third-order valence-electron chi connectivity index (χ3n) is 1.20. The zero-order chi connectivity index (χ0) is 9.23. The Balaban J connectivity index is 3.10. The molecule has 5 heteroatoms. The van der Waals surface area contributed by atoms with E-state index >= 15 is 0 Å². The molecule has 0 fully saturated rings. The molecule has 0 heterocycles. The van der Waals surface area contributed by atoms with Gasteiger partial charge in [-0.3, -0.25) is 4.79 Å². The lowest BCUT2D eigenvalue weighted by Gasteiger charge is -2.03. The number of carbonyl (C=O) groups is 1. The van der Waals surface area contributed by atoms with Gasteiger partial charge in [-0.25, -0.2) is 0 Å². The summed E-state index contributed by atoms with van der Waals surface area (Å²) >= 11 is 0. The molecule has 0 radical (unpaired) electrons. The van der Waals surface area contributed by atoms with Crippen LogP contribution in [-0.2, 0) is 9.53 Å². The molecule has 0 aliphatic rings. The Morgan fingerprint density at radius 2 is 2.08 bits per heavy atom. The number of carbonyl (C=O) groups excluding carboxylic acids is 1. The van der Waals surface area contributed by atoms with Crippen LogP contribution in [0.2, 0.25) is 0 Å². The van der Waals surface area contributed by atoms with Gasteiger partial charge in [0.15, 0.2) is 0 Å². The molecule has 0 spiro atoms. The first kappa shape index (κ1) is 11.4. The van der Waals surface area contributed by atoms with Crippen molar-refractivity contribution in [1.29, 1.82) is 0 Å². The number of rotatable bonds is 7. The van der Waals surface area contributed by atoms with Gasteiger partial charge >= 0.3 is 0 Å². The third kappa shape index (κ3) is 7.46. The minimum absolute atomic E-state index is 0.0851. The average molecular weight is 175 g/mol. The molecule has 0 saturated carbocycles. The fraction of sp³-hybridized carbons (Fsp3) is 0.857. The van der Waals surface area contributed by atoms with Crippen LogP contribution in [0.3, 0.4) is 0 Å². The maximum atomic E-state index is 10.9. The van der Waals surface area contributed by atoms with Gasteiger partial charge in [0.2, 0.25) is 5.91 Å². The van der Waals surface area contributed by atoms with Gasteiger partial charge in [-0.05, 0) is 13.0 Å². The zero-order valence-electron chi connectivity index (χ0n) is 7.21. The summed E-state index contributed by atoms with van der Waals surface area (Å²) in [6, 6.07) is 0. The van der Waals surface area contributed by atoms with Crippen molar-refractivity contribution in [2.75, 3.05) is 32.8 Å². The normalized spacial score (nSPS) is 9.83. The second-order valence-electron chi connectivity index (χ2n) is 2.33. The predicted octanol–water partition coefficient (Wildman–Crippen LogP) is -1.57. The van der Waals surface area contributed by atoms with Crippen molar-refractivity contribution >= 4 is 5.91 Å². The largest absolute Gasteiger partial charge is 0.370 e. The molecule has 0 aromatic carbocycles. The Kier molecular flexibility index (Phi) is 7.99. The van der Waals surface area contributed by atoms with Crippen molar-refractivity contribution in [1.82, 2.24) is 5.32 Å². The maximum absolute atomic E-state index is 10.9. The van der Waals surface area contributed by atoms with Gasteiger partial charge in [0.1, 0.15) is 6.61 Å². The van der Waals surface area contributed by atoms with Gasteiger partial charge < -0.3 is 21.5 Å².